The second-order valence-corrected chi connectivity index (χ2v) is 15.4. The summed E-state index contributed by atoms with van der Waals surface area (Å²) >= 11 is 18.6. The Hall–Kier alpha value is 2.04. The summed E-state index contributed by atoms with van der Waals surface area (Å²) in [6.07, 6.45) is 0. The van der Waals surface area contributed by atoms with Crippen LogP contribution in [0.4, 0.5) is 0 Å². The maximum Gasteiger partial charge on any atom is 0.0717 e. The Balaban J connectivity index is 1.78. The van der Waals surface area contributed by atoms with E-state index in [9.17, 15) is 0 Å². The van der Waals surface area contributed by atoms with Crippen LogP contribution in [0.15, 0.2) is 26.8 Å². The van der Waals surface area contributed by atoms with Crippen molar-refractivity contribution in [3.8, 4) is 0 Å². The van der Waals surface area contributed by atoms with Crippen molar-refractivity contribution in [3.05, 3.63) is 26.8 Å². The predicted molar refractivity (Wildman–Crippen MR) is 171 cm³/mol. The highest BCUT2D eigenvalue weighted by Crippen LogP contribution is 2.63. The summed E-state index contributed by atoms with van der Waals surface area (Å²) in [6.45, 7) is 6.27. The first-order valence-corrected chi connectivity index (χ1v) is 18.8. The zero-order valence-corrected chi connectivity index (χ0v) is 28.6. The molecule has 2 rings (SSSR count). The first-order chi connectivity index (χ1) is 17.7. The smallest absolute Gasteiger partial charge is 0.0717 e. The lowest BCUT2D eigenvalue weighted by Crippen LogP contribution is -2.09. The largest absolute Gasteiger partial charge is 0.382 e. The summed E-state index contributed by atoms with van der Waals surface area (Å²) in [7, 11) is 3.35. The van der Waals surface area contributed by atoms with E-state index < -0.39 is 0 Å². The quantitative estimate of drug-likeness (QED) is 0.0846. The molecule has 0 atom stereocenters. The van der Waals surface area contributed by atoms with E-state index in [0.29, 0.717) is 66.1 Å². The molecule has 6 nitrogen and oxygen atoms in total. The molecule has 0 N–H and O–H groups in total. The van der Waals surface area contributed by atoms with Crippen LogP contribution in [-0.2, 0) is 28.4 Å². The van der Waals surface area contributed by atoms with Gasteiger partial charge in [-0.05, 0) is 0 Å². The number of alkyl halides is 2. The minimum absolute atomic E-state index is 0.601. The molecule has 0 aliphatic carbocycles. The SMILES string of the molecule is COCCOCCOCCSC1=C(SCCOCCOCCOC)SC(=C2SC(CBr)=C(CBr)S2)S1. The molecule has 14 heteroatoms. The van der Waals surface area contributed by atoms with Crippen molar-refractivity contribution in [2.75, 3.05) is 102 Å². The number of hydrogen-bond acceptors (Lipinski definition) is 12. The van der Waals surface area contributed by atoms with Gasteiger partial charge in [-0.2, -0.15) is 0 Å². The molecule has 0 bridgehead atoms. The van der Waals surface area contributed by atoms with Crippen LogP contribution in [0.25, 0.3) is 0 Å². The number of allylic oxidation sites excluding steroid dienone is 2. The van der Waals surface area contributed by atoms with Gasteiger partial charge in [-0.25, -0.2) is 0 Å². The normalized spacial score (nSPS) is 16.3. The third-order valence-corrected chi connectivity index (χ3v) is 14.7. The van der Waals surface area contributed by atoms with Gasteiger partial charge in [0.1, 0.15) is 0 Å². The maximum atomic E-state index is 5.74. The van der Waals surface area contributed by atoms with E-state index >= 15 is 0 Å². The number of halogens is 2. The number of rotatable bonds is 22. The molecular weight excluding hydrogens is 712 g/mol. The number of hydrogen-bond donors (Lipinski definition) is 0. The van der Waals surface area contributed by atoms with Gasteiger partial charge in [0.15, 0.2) is 0 Å². The molecular formula is C22H34Br2O6S6. The Bertz CT molecular complexity index is 671. The van der Waals surface area contributed by atoms with Crippen LogP contribution < -0.4 is 0 Å². The van der Waals surface area contributed by atoms with Crippen molar-refractivity contribution in [2.24, 2.45) is 0 Å². The van der Waals surface area contributed by atoms with Crippen molar-refractivity contribution >= 4 is 102 Å². The first kappa shape index (κ1) is 34.2. The molecule has 0 unspecified atom stereocenters. The van der Waals surface area contributed by atoms with Gasteiger partial charge in [0.05, 0.1) is 83.0 Å². The summed E-state index contributed by atoms with van der Waals surface area (Å²) < 4.78 is 37.8. The summed E-state index contributed by atoms with van der Waals surface area (Å²) in [5, 5.41) is 1.79. The summed E-state index contributed by atoms with van der Waals surface area (Å²) in [5.41, 5.74) is 0. The molecule has 2 aliphatic heterocycles. The third kappa shape index (κ3) is 14.1. The average Bonchev–Trinajstić information content (AvgIpc) is 3.50. The van der Waals surface area contributed by atoms with E-state index in [4.69, 9.17) is 28.4 Å². The fourth-order valence-corrected chi connectivity index (χ4v) is 12.7. The molecule has 0 radical (unpaired) electrons. The lowest BCUT2D eigenvalue weighted by atomic mass is 10.6. The maximum absolute atomic E-state index is 5.74. The van der Waals surface area contributed by atoms with Gasteiger partial charge in [0.25, 0.3) is 0 Å². The Labute approximate surface area is 257 Å². The molecule has 0 saturated heterocycles. The molecule has 2 heterocycles. The summed E-state index contributed by atoms with van der Waals surface area (Å²) in [4.78, 5) is 2.80. The van der Waals surface area contributed by atoms with Gasteiger partial charge in [0.2, 0.25) is 0 Å². The van der Waals surface area contributed by atoms with E-state index in [2.05, 4.69) is 31.9 Å². The first-order valence-electron chi connectivity index (χ1n) is 11.3. The van der Waals surface area contributed by atoms with Gasteiger partial charge >= 0.3 is 0 Å². The van der Waals surface area contributed by atoms with Gasteiger partial charge < -0.3 is 28.4 Å². The topological polar surface area (TPSA) is 55.4 Å². The molecule has 0 aromatic carbocycles. The van der Waals surface area contributed by atoms with E-state index in [0.717, 1.165) is 22.2 Å². The number of ether oxygens (including phenoxy) is 6. The highest BCUT2D eigenvalue weighted by Gasteiger charge is 2.29. The highest BCUT2D eigenvalue weighted by atomic mass is 79.9. The summed E-state index contributed by atoms with van der Waals surface area (Å²) in [5.74, 6) is 1.83. The zero-order valence-electron chi connectivity index (χ0n) is 20.6. The predicted octanol–water partition coefficient (Wildman–Crippen LogP) is 7.03. The van der Waals surface area contributed by atoms with Crippen LogP contribution in [0.2, 0.25) is 0 Å². The summed E-state index contributed by atoms with van der Waals surface area (Å²) in [6, 6.07) is 0. The Morgan fingerprint density at radius 2 is 0.889 bits per heavy atom. The molecule has 0 fully saturated rings. The van der Waals surface area contributed by atoms with Crippen LogP contribution in [0, 0.1) is 0 Å². The number of methoxy groups -OCH3 is 2. The van der Waals surface area contributed by atoms with Crippen LogP contribution >= 0.6 is 102 Å². The van der Waals surface area contributed by atoms with E-state index in [1.807, 2.05) is 70.6 Å². The van der Waals surface area contributed by atoms with Crippen LogP contribution in [0.3, 0.4) is 0 Å². The van der Waals surface area contributed by atoms with Crippen molar-refractivity contribution in [3.63, 3.8) is 0 Å². The molecule has 2 aliphatic rings. The average molecular weight is 747 g/mol. The zero-order chi connectivity index (χ0) is 25.8. The second kappa shape index (κ2) is 22.7. The molecule has 36 heavy (non-hydrogen) atoms. The van der Waals surface area contributed by atoms with Crippen LogP contribution in [0.5, 0.6) is 0 Å². The Morgan fingerprint density at radius 3 is 1.28 bits per heavy atom. The van der Waals surface area contributed by atoms with Crippen molar-refractivity contribution in [1.82, 2.24) is 0 Å². The van der Waals surface area contributed by atoms with E-state index in [-0.39, 0.29) is 0 Å². The Morgan fingerprint density at radius 1 is 0.528 bits per heavy atom. The fourth-order valence-electron chi connectivity index (χ4n) is 2.49. The van der Waals surface area contributed by atoms with Gasteiger partial charge in [-0.1, -0.05) is 78.9 Å². The van der Waals surface area contributed by atoms with E-state index in [1.165, 1.54) is 26.8 Å². The minimum atomic E-state index is 0.601. The number of thioether (sulfide) groups is 6. The highest BCUT2D eigenvalue weighted by molar-refractivity contribution is 9.09. The molecule has 0 aromatic rings. The van der Waals surface area contributed by atoms with Crippen molar-refractivity contribution in [2.45, 2.75) is 0 Å². The molecule has 0 aromatic heterocycles. The third-order valence-electron chi connectivity index (χ3n) is 4.22. The van der Waals surface area contributed by atoms with Crippen molar-refractivity contribution in [1.29, 1.82) is 0 Å². The van der Waals surface area contributed by atoms with Crippen LogP contribution in [-0.4, -0.2) is 102 Å². The monoisotopic (exact) mass is 744 g/mol. The van der Waals surface area contributed by atoms with Gasteiger partial charge in [-0.15, -0.1) is 23.5 Å². The van der Waals surface area contributed by atoms with Crippen molar-refractivity contribution < 1.29 is 28.4 Å². The van der Waals surface area contributed by atoms with Gasteiger partial charge in [-0.3, -0.25) is 0 Å². The fraction of sp³-hybridized carbons (Fsp3) is 0.727. The van der Waals surface area contributed by atoms with E-state index in [1.54, 1.807) is 14.2 Å². The molecule has 0 saturated carbocycles. The standard InChI is InChI=1S/C22H34Br2O6S6/c1-25-3-5-27-7-9-29-11-13-31-19-20(32-14-12-30-10-8-28-6-4-26-2)36-22(35-19)21-33-17(15-23)18(16-24)34-21/h3-16H2,1-2H3. The molecule has 0 spiro atoms. The minimum Gasteiger partial charge on any atom is -0.382 e. The second-order valence-electron chi connectivity index (χ2n) is 6.80. The van der Waals surface area contributed by atoms with Gasteiger partial charge in [0, 0.05) is 46.2 Å². The lowest BCUT2D eigenvalue weighted by Gasteiger charge is -2.07. The Kier molecular flexibility index (Phi) is 21.6. The molecule has 208 valence electrons. The molecule has 0 amide bonds. The van der Waals surface area contributed by atoms with Crippen LogP contribution in [0.1, 0.15) is 0 Å². The lowest BCUT2D eigenvalue weighted by molar-refractivity contribution is 0.0286.